The van der Waals surface area contributed by atoms with E-state index >= 15 is 0 Å². The molecule has 1 aliphatic rings. The minimum atomic E-state index is -1.20. The average molecular weight is 544 g/mol. The number of alkyl carbamates (subject to hydrolysis) is 1. The van der Waals surface area contributed by atoms with Crippen LogP contribution in [-0.4, -0.2) is 49.7 Å². The molecule has 3 aromatic carbocycles. The Hall–Kier alpha value is -4.46. The number of amides is 1. The lowest BCUT2D eigenvalue weighted by atomic mass is 9.98. The summed E-state index contributed by atoms with van der Waals surface area (Å²) >= 11 is 0. The third kappa shape index (κ3) is 7.34. The Kier molecular flexibility index (Phi) is 10.0. The van der Waals surface area contributed by atoms with Gasteiger partial charge in [0.05, 0.1) is 6.61 Å². The highest BCUT2D eigenvalue weighted by molar-refractivity contribution is 5.98. The van der Waals surface area contributed by atoms with Gasteiger partial charge in [-0.1, -0.05) is 92.2 Å². The number of hydrogen-bond donors (Lipinski definition) is 1. The highest BCUT2D eigenvalue weighted by Crippen LogP contribution is 2.44. The molecule has 0 saturated heterocycles. The van der Waals surface area contributed by atoms with E-state index in [-0.39, 0.29) is 37.8 Å². The Morgan fingerprint density at radius 2 is 1.43 bits per heavy atom. The lowest BCUT2D eigenvalue weighted by Crippen LogP contribution is -2.43. The first kappa shape index (κ1) is 28.5. The minimum Gasteiger partial charge on any atom is -0.466 e. The van der Waals surface area contributed by atoms with Gasteiger partial charge in [0, 0.05) is 17.9 Å². The summed E-state index contributed by atoms with van der Waals surface area (Å²) in [4.78, 5) is 50.2. The first-order valence-electron chi connectivity index (χ1n) is 13.5. The molecule has 40 heavy (non-hydrogen) atoms. The van der Waals surface area contributed by atoms with Crippen LogP contribution in [0.25, 0.3) is 11.1 Å². The molecule has 1 atom stereocenters. The number of ketones is 1. The summed E-state index contributed by atoms with van der Waals surface area (Å²) in [5, 5.41) is 2.52. The Morgan fingerprint density at radius 3 is 2.08 bits per heavy atom. The molecule has 0 spiro atoms. The van der Waals surface area contributed by atoms with Crippen molar-refractivity contribution >= 4 is 23.8 Å². The van der Waals surface area contributed by atoms with Crippen molar-refractivity contribution < 1.29 is 33.4 Å². The highest BCUT2D eigenvalue weighted by Gasteiger charge is 2.30. The second kappa shape index (κ2) is 14.1. The van der Waals surface area contributed by atoms with Gasteiger partial charge in [-0.25, -0.2) is 9.59 Å². The SMILES string of the molecule is CCCCOC(=O)CC[C@H](NC(=O)OCC1c2ccccc2-c2ccccc21)C(=O)OCC(=O)c1ccccc1. The predicted molar refractivity (Wildman–Crippen MR) is 149 cm³/mol. The fourth-order valence-corrected chi connectivity index (χ4v) is 4.64. The van der Waals surface area contributed by atoms with Crippen LogP contribution >= 0.6 is 0 Å². The number of fused-ring (bicyclic) bond motifs is 3. The Bertz CT molecular complexity index is 1290. The van der Waals surface area contributed by atoms with Crippen LogP contribution in [0.15, 0.2) is 78.9 Å². The van der Waals surface area contributed by atoms with Crippen molar-refractivity contribution in [3.05, 3.63) is 95.6 Å². The maximum atomic E-state index is 12.9. The smallest absolute Gasteiger partial charge is 0.407 e. The normalized spacial score (nSPS) is 12.5. The lowest BCUT2D eigenvalue weighted by molar-refractivity contribution is -0.146. The van der Waals surface area contributed by atoms with Gasteiger partial charge in [-0.05, 0) is 35.1 Å². The molecule has 0 aliphatic heterocycles. The maximum Gasteiger partial charge on any atom is 0.407 e. The van der Waals surface area contributed by atoms with E-state index in [0.717, 1.165) is 35.1 Å². The van der Waals surface area contributed by atoms with Crippen LogP contribution in [0, 0.1) is 0 Å². The second-order valence-electron chi connectivity index (χ2n) is 9.53. The number of nitrogens with one attached hydrogen (secondary N) is 1. The van der Waals surface area contributed by atoms with Gasteiger partial charge in [-0.3, -0.25) is 9.59 Å². The molecule has 8 nitrogen and oxygen atoms in total. The zero-order valence-electron chi connectivity index (χ0n) is 22.5. The number of carbonyl (C=O) groups is 4. The molecule has 0 heterocycles. The molecule has 0 radical (unpaired) electrons. The molecule has 208 valence electrons. The summed E-state index contributed by atoms with van der Waals surface area (Å²) in [6, 6.07) is 23.2. The van der Waals surface area contributed by atoms with Crippen molar-refractivity contribution in [3.8, 4) is 11.1 Å². The minimum absolute atomic E-state index is 0.0620. The summed E-state index contributed by atoms with van der Waals surface area (Å²) in [5.74, 6) is -1.85. The van der Waals surface area contributed by atoms with E-state index in [1.54, 1.807) is 30.3 Å². The van der Waals surface area contributed by atoms with Gasteiger partial charge < -0.3 is 19.5 Å². The molecule has 1 N–H and O–H groups in total. The third-order valence-electron chi connectivity index (χ3n) is 6.76. The van der Waals surface area contributed by atoms with Crippen molar-refractivity contribution in [2.45, 2.75) is 44.6 Å². The summed E-state index contributed by atoms with van der Waals surface area (Å²) in [6.45, 7) is 1.84. The maximum absolute atomic E-state index is 12.9. The average Bonchev–Trinajstić information content (AvgIpc) is 3.31. The monoisotopic (exact) mass is 543 g/mol. The number of Topliss-reactive ketones (excluding diaryl/α,β-unsaturated/α-hetero) is 1. The molecule has 4 rings (SSSR count). The van der Waals surface area contributed by atoms with Crippen LogP contribution in [0.5, 0.6) is 0 Å². The zero-order valence-corrected chi connectivity index (χ0v) is 22.5. The molecule has 0 unspecified atom stereocenters. The number of benzene rings is 3. The molecule has 0 aromatic heterocycles. The number of rotatable bonds is 13. The van der Waals surface area contributed by atoms with Gasteiger partial charge in [0.2, 0.25) is 0 Å². The van der Waals surface area contributed by atoms with Crippen LogP contribution in [0.1, 0.15) is 60.0 Å². The van der Waals surface area contributed by atoms with Gasteiger partial charge >= 0.3 is 18.0 Å². The molecule has 0 bridgehead atoms. The van der Waals surface area contributed by atoms with Crippen LogP contribution in [0.4, 0.5) is 4.79 Å². The topological polar surface area (TPSA) is 108 Å². The van der Waals surface area contributed by atoms with E-state index in [4.69, 9.17) is 14.2 Å². The molecular formula is C32H33NO7. The van der Waals surface area contributed by atoms with Crippen LogP contribution in [0.3, 0.4) is 0 Å². The molecule has 0 saturated carbocycles. The van der Waals surface area contributed by atoms with Crippen molar-refractivity contribution in [2.24, 2.45) is 0 Å². The van der Waals surface area contributed by atoms with Crippen molar-refractivity contribution in [1.29, 1.82) is 0 Å². The fourth-order valence-electron chi connectivity index (χ4n) is 4.64. The molecule has 0 fully saturated rings. The van der Waals surface area contributed by atoms with Crippen LogP contribution in [-0.2, 0) is 23.8 Å². The van der Waals surface area contributed by atoms with Crippen molar-refractivity contribution in [1.82, 2.24) is 5.32 Å². The number of ether oxygens (including phenoxy) is 3. The molecule has 8 heteroatoms. The molecule has 1 aliphatic carbocycles. The Balaban J connectivity index is 1.37. The van der Waals surface area contributed by atoms with E-state index in [0.29, 0.717) is 5.56 Å². The largest absolute Gasteiger partial charge is 0.466 e. The first-order chi connectivity index (χ1) is 19.5. The van der Waals surface area contributed by atoms with E-state index in [1.807, 2.05) is 55.5 Å². The van der Waals surface area contributed by atoms with Gasteiger partial charge in [0.1, 0.15) is 12.6 Å². The lowest BCUT2D eigenvalue weighted by Gasteiger charge is -2.19. The highest BCUT2D eigenvalue weighted by atomic mass is 16.6. The van der Waals surface area contributed by atoms with Gasteiger partial charge in [-0.2, -0.15) is 0 Å². The van der Waals surface area contributed by atoms with E-state index in [9.17, 15) is 19.2 Å². The summed E-state index contributed by atoms with van der Waals surface area (Å²) in [7, 11) is 0. The Labute approximate surface area is 233 Å². The van der Waals surface area contributed by atoms with E-state index in [2.05, 4.69) is 5.32 Å². The number of hydrogen-bond acceptors (Lipinski definition) is 7. The number of unbranched alkanes of at least 4 members (excludes halogenated alkanes) is 1. The number of carbonyl (C=O) groups excluding carboxylic acids is 4. The molecule has 3 aromatic rings. The quantitative estimate of drug-likeness (QED) is 0.132. The number of esters is 2. The van der Waals surface area contributed by atoms with Gasteiger partial charge in [-0.15, -0.1) is 0 Å². The van der Waals surface area contributed by atoms with Gasteiger partial charge in [0.15, 0.2) is 12.4 Å². The Morgan fingerprint density at radius 1 is 0.800 bits per heavy atom. The van der Waals surface area contributed by atoms with E-state index in [1.165, 1.54) is 0 Å². The van der Waals surface area contributed by atoms with Crippen LogP contribution in [0.2, 0.25) is 0 Å². The third-order valence-corrected chi connectivity index (χ3v) is 6.76. The van der Waals surface area contributed by atoms with E-state index < -0.39 is 30.7 Å². The summed E-state index contributed by atoms with van der Waals surface area (Å²) < 4.78 is 15.9. The molecular weight excluding hydrogens is 510 g/mol. The summed E-state index contributed by atoms with van der Waals surface area (Å²) in [5.41, 5.74) is 4.70. The van der Waals surface area contributed by atoms with Crippen molar-refractivity contribution in [3.63, 3.8) is 0 Å². The predicted octanol–water partition coefficient (Wildman–Crippen LogP) is 5.44. The van der Waals surface area contributed by atoms with Crippen molar-refractivity contribution in [2.75, 3.05) is 19.8 Å². The standard InChI is InChI=1S/C32H33NO7/c1-2-3-19-38-30(35)18-17-28(31(36)39-21-29(34)22-11-5-4-6-12-22)33-32(37)40-20-27-25-15-9-7-13-23(25)24-14-8-10-16-26(24)27/h4-16,27-28H,2-3,17-21H2,1H3,(H,33,37)/t28-/m0/s1. The fraction of sp³-hybridized carbons (Fsp3) is 0.312. The zero-order chi connectivity index (χ0) is 28.3. The summed E-state index contributed by atoms with van der Waals surface area (Å²) in [6.07, 6.45) is 0.614. The second-order valence-corrected chi connectivity index (χ2v) is 9.53. The first-order valence-corrected chi connectivity index (χ1v) is 13.5. The van der Waals surface area contributed by atoms with Gasteiger partial charge in [0.25, 0.3) is 0 Å². The molecule has 1 amide bonds. The van der Waals surface area contributed by atoms with Crippen LogP contribution < -0.4 is 5.32 Å².